The average Bonchev–Trinajstić information content (AvgIpc) is 2.63. The molecule has 1 aliphatic carbocycles. The maximum Gasteiger partial charge on any atom is 0.212 e. The first-order chi connectivity index (χ1) is 8.53. The van der Waals surface area contributed by atoms with Gasteiger partial charge in [-0.15, -0.1) is 12.4 Å². The summed E-state index contributed by atoms with van der Waals surface area (Å²) in [7, 11) is -3.39. The molecular formula is C12H19ClN2O3S. The first-order valence-corrected chi connectivity index (χ1v) is 7.60. The van der Waals surface area contributed by atoms with Gasteiger partial charge in [0, 0.05) is 18.5 Å². The van der Waals surface area contributed by atoms with Gasteiger partial charge in [0.15, 0.2) is 0 Å². The largest absolute Gasteiger partial charge is 0.395 e. The molecule has 19 heavy (non-hydrogen) atoms. The Hall–Kier alpha value is -0.660. The summed E-state index contributed by atoms with van der Waals surface area (Å²) in [6.45, 7) is -0.154. The monoisotopic (exact) mass is 306 g/mol. The molecule has 0 unspecified atom stereocenters. The van der Waals surface area contributed by atoms with Crippen LogP contribution in [0.1, 0.15) is 17.0 Å². The van der Waals surface area contributed by atoms with Crippen LogP contribution < -0.4 is 10.5 Å². The smallest absolute Gasteiger partial charge is 0.212 e. The zero-order chi connectivity index (χ0) is 13.2. The molecule has 0 bridgehead atoms. The van der Waals surface area contributed by atoms with Crippen LogP contribution >= 0.6 is 12.4 Å². The maximum atomic E-state index is 11.8. The second-order valence-electron chi connectivity index (χ2n) is 4.57. The van der Waals surface area contributed by atoms with E-state index < -0.39 is 10.0 Å². The lowest BCUT2D eigenvalue weighted by atomic mass is 10.0. The van der Waals surface area contributed by atoms with Crippen molar-refractivity contribution in [1.82, 2.24) is 4.72 Å². The van der Waals surface area contributed by atoms with E-state index in [1.54, 1.807) is 0 Å². The van der Waals surface area contributed by atoms with Crippen LogP contribution in [0.15, 0.2) is 24.3 Å². The predicted molar refractivity (Wildman–Crippen MR) is 77.0 cm³/mol. The minimum Gasteiger partial charge on any atom is -0.395 e. The predicted octanol–water partition coefficient (Wildman–Crippen LogP) is -0.0129. The molecule has 7 heteroatoms. The third kappa shape index (κ3) is 3.90. The van der Waals surface area contributed by atoms with E-state index >= 15 is 0 Å². The molecule has 1 aromatic rings. The van der Waals surface area contributed by atoms with E-state index in [2.05, 4.69) is 4.72 Å². The summed E-state index contributed by atoms with van der Waals surface area (Å²) in [5.41, 5.74) is 8.18. The minimum absolute atomic E-state index is 0. The highest BCUT2D eigenvalue weighted by Crippen LogP contribution is 2.32. The van der Waals surface area contributed by atoms with Crippen LogP contribution in [0.4, 0.5) is 0 Å². The van der Waals surface area contributed by atoms with Gasteiger partial charge in [0.1, 0.15) is 0 Å². The van der Waals surface area contributed by atoms with Crippen molar-refractivity contribution in [3.8, 4) is 0 Å². The number of rotatable bonds is 5. The Balaban J connectivity index is 0.00000180. The van der Waals surface area contributed by atoms with E-state index in [1.165, 1.54) is 0 Å². The molecule has 1 aromatic carbocycles. The Morgan fingerprint density at radius 2 is 2.05 bits per heavy atom. The quantitative estimate of drug-likeness (QED) is 0.713. The van der Waals surface area contributed by atoms with E-state index in [1.807, 2.05) is 24.3 Å². The van der Waals surface area contributed by atoms with Crippen molar-refractivity contribution in [2.45, 2.75) is 18.4 Å². The number of aliphatic hydroxyl groups is 1. The zero-order valence-corrected chi connectivity index (χ0v) is 12.1. The summed E-state index contributed by atoms with van der Waals surface area (Å²) in [5.74, 6) is -0.192. The van der Waals surface area contributed by atoms with Crippen molar-refractivity contribution < 1.29 is 13.5 Å². The fraction of sp³-hybridized carbons (Fsp3) is 0.500. The summed E-state index contributed by atoms with van der Waals surface area (Å²) in [5, 5.41) is 8.65. The van der Waals surface area contributed by atoms with Crippen molar-refractivity contribution >= 4 is 22.4 Å². The maximum absolute atomic E-state index is 11.8. The fourth-order valence-electron chi connectivity index (χ4n) is 2.42. The Labute approximate surface area is 119 Å². The van der Waals surface area contributed by atoms with Gasteiger partial charge in [-0.2, -0.15) is 0 Å². The molecule has 0 aliphatic heterocycles. The summed E-state index contributed by atoms with van der Waals surface area (Å²) in [6.07, 6.45) is 0.719. The average molecular weight is 307 g/mol. The Kier molecular flexibility index (Phi) is 5.76. The zero-order valence-electron chi connectivity index (χ0n) is 10.5. The Morgan fingerprint density at radius 3 is 2.74 bits per heavy atom. The summed E-state index contributed by atoms with van der Waals surface area (Å²) in [4.78, 5) is 0. The van der Waals surface area contributed by atoms with Gasteiger partial charge < -0.3 is 10.8 Å². The summed E-state index contributed by atoms with van der Waals surface area (Å²) in [6, 6.07) is 7.61. The van der Waals surface area contributed by atoms with Crippen LogP contribution in [-0.4, -0.2) is 38.5 Å². The number of nitrogens with one attached hydrogen (secondary N) is 1. The third-order valence-corrected chi connectivity index (χ3v) is 4.70. The summed E-state index contributed by atoms with van der Waals surface area (Å²) >= 11 is 0. The number of aliphatic hydroxyl groups excluding tert-OH is 1. The van der Waals surface area contributed by atoms with Crippen LogP contribution in [0.25, 0.3) is 0 Å². The first-order valence-electron chi connectivity index (χ1n) is 5.95. The Bertz CT molecular complexity index is 521. The molecule has 5 nitrogen and oxygen atoms in total. The molecule has 2 rings (SSSR count). The highest BCUT2D eigenvalue weighted by atomic mass is 35.5. The number of nitrogens with two attached hydrogens (primary N) is 1. The standard InChI is InChI=1S/C12H18N2O3S.ClH/c13-12-7-9-3-1-2-4-10(9)11(12)8-18(16,17)14-5-6-15;/h1-4,11-12,14-15H,5-8,13H2;1H/t11-,12-;/m1./s1. The fourth-order valence-corrected chi connectivity index (χ4v) is 3.84. The number of hydrogen-bond acceptors (Lipinski definition) is 4. The molecule has 2 atom stereocenters. The molecule has 0 saturated carbocycles. The number of sulfonamides is 1. The van der Waals surface area contributed by atoms with E-state index in [0.717, 1.165) is 17.5 Å². The number of halogens is 1. The van der Waals surface area contributed by atoms with E-state index in [0.29, 0.717) is 0 Å². The van der Waals surface area contributed by atoms with Crippen LogP contribution in [-0.2, 0) is 16.4 Å². The Morgan fingerprint density at radius 1 is 1.37 bits per heavy atom. The minimum atomic E-state index is -3.39. The van der Waals surface area contributed by atoms with Crippen LogP contribution in [0, 0.1) is 0 Å². The highest BCUT2D eigenvalue weighted by molar-refractivity contribution is 7.89. The third-order valence-electron chi connectivity index (χ3n) is 3.26. The molecule has 0 amide bonds. The lowest BCUT2D eigenvalue weighted by molar-refractivity contribution is 0.301. The van der Waals surface area contributed by atoms with Gasteiger partial charge in [-0.05, 0) is 17.5 Å². The van der Waals surface area contributed by atoms with Crippen LogP contribution in [0.5, 0.6) is 0 Å². The van der Waals surface area contributed by atoms with Gasteiger partial charge >= 0.3 is 0 Å². The second-order valence-corrected chi connectivity index (χ2v) is 6.42. The van der Waals surface area contributed by atoms with E-state index in [4.69, 9.17) is 10.8 Å². The molecule has 0 fully saturated rings. The van der Waals surface area contributed by atoms with Crippen molar-refractivity contribution in [3.63, 3.8) is 0 Å². The highest BCUT2D eigenvalue weighted by Gasteiger charge is 2.32. The number of benzene rings is 1. The van der Waals surface area contributed by atoms with Crippen LogP contribution in [0.2, 0.25) is 0 Å². The van der Waals surface area contributed by atoms with Gasteiger partial charge in [0.2, 0.25) is 10.0 Å². The lowest BCUT2D eigenvalue weighted by Crippen LogP contribution is -2.36. The lowest BCUT2D eigenvalue weighted by Gasteiger charge is -2.17. The number of hydrogen-bond donors (Lipinski definition) is 3. The second kappa shape index (κ2) is 6.67. The van der Waals surface area contributed by atoms with Crippen molar-refractivity contribution in [2.75, 3.05) is 18.9 Å². The summed E-state index contributed by atoms with van der Waals surface area (Å²) < 4.78 is 26.0. The van der Waals surface area contributed by atoms with Crippen molar-refractivity contribution in [2.24, 2.45) is 5.73 Å². The van der Waals surface area contributed by atoms with Gasteiger partial charge in [0.05, 0.1) is 12.4 Å². The van der Waals surface area contributed by atoms with Crippen molar-refractivity contribution in [3.05, 3.63) is 35.4 Å². The number of fused-ring (bicyclic) bond motifs is 1. The molecule has 0 radical (unpaired) electrons. The SMILES string of the molecule is Cl.N[C@@H]1Cc2ccccc2[C@H]1CS(=O)(=O)NCCO. The molecule has 0 aromatic heterocycles. The molecule has 4 N–H and O–H groups in total. The van der Waals surface area contributed by atoms with Crippen molar-refractivity contribution in [1.29, 1.82) is 0 Å². The molecular weight excluding hydrogens is 288 g/mol. The van der Waals surface area contributed by atoms with Crippen LogP contribution in [0.3, 0.4) is 0 Å². The van der Waals surface area contributed by atoms with E-state index in [9.17, 15) is 8.42 Å². The van der Waals surface area contributed by atoms with E-state index in [-0.39, 0.29) is 43.3 Å². The normalized spacial score (nSPS) is 21.8. The molecule has 108 valence electrons. The molecule has 0 saturated heterocycles. The van der Waals surface area contributed by atoms with Gasteiger partial charge in [-0.25, -0.2) is 13.1 Å². The van der Waals surface area contributed by atoms with Gasteiger partial charge in [0.25, 0.3) is 0 Å². The molecule has 0 spiro atoms. The van der Waals surface area contributed by atoms with Gasteiger partial charge in [-0.1, -0.05) is 24.3 Å². The molecule has 1 aliphatic rings. The first kappa shape index (κ1) is 16.4. The van der Waals surface area contributed by atoms with Gasteiger partial charge in [-0.3, -0.25) is 0 Å². The topological polar surface area (TPSA) is 92.4 Å². The molecule has 0 heterocycles.